The summed E-state index contributed by atoms with van der Waals surface area (Å²) in [5.41, 5.74) is 24.2. The van der Waals surface area contributed by atoms with E-state index in [-0.39, 0.29) is 20.1 Å². The second kappa shape index (κ2) is 19.5. The summed E-state index contributed by atoms with van der Waals surface area (Å²) in [5, 5.41) is 36.2. The van der Waals surface area contributed by atoms with Crippen LogP contribution in [0.5, 0.6) is 0 Å². The summed E-state index contributed by atoms with van der Waals surface area (Å²) in [4.78, 5) is 0. The Morgan fingerprint density at radius 1 is 0.262 bits per heavy atom. The maximum absolute atomic E-state index is 9.90. The lowest BCUT2D eigenvalue weighted by Crippen LogP contribution is -2.56. The molecule has 84 heavy (non-hydrogen) atoms. The van der Waals surface area contributed by atoms with Crippen LogP contribution in [0.3, 0.4) is 0 Å². The van der Waals surface area contributed by atoms with Crippen molar-refractivity contribution in [3.8, 4) is 35.3 Å². The molecule has 0 amide bonds. The molecule has 9 heteroatoms. The molecule has 0 saturated carbocycles. The molecule has 0 spiro atoms. The van der Waals surface area contributed by atoms with Gasteiger partial charge in [-0.1, -0.05) is 223 Å². The molecule has 12 aromatic carbocycles. The Kier molecular flexibility index (Phi) is 11.3. The van der Waals surface area contributed by atoms with Gasteiger partial charge < -0.3 is 13.7 Å². The highest BCUT2D eigenvalue weighted by molar-refractivity contribution is 6.99. The number of aromatic nitrogens is 3. The Bertz CT molecular complexity index is 5330. The van der Waals surface area contributed by atoms with Gasteiger partial charge in [-0.15, -0.1) is 0 Å². The predicted octanol–water partition coefficient (Wildman–Crippen LogP) is 10.5. The molecular weight excluding hydrogens is 1020 g/mol. The maximum Gasteiger partial charge on any atom is 0.248 e. The lowest BCUT2D eigenvalue weighted by atomic mass is 9.35. The number of benzene rings is 12. The SMILES string of the molecule is N#Cc1ccc(B2c3ccccc3-n3c4ccccc4c4cccc2c43)cc1.N#Cc1ccc2c(c1)B(c1ccccc1)c1cccc3c4ccccc4n-2c13.N#Cc1cccc2c1B(c1ccccc1)c1cccc3c4ccccc4n-2c13. The van der Waals surface area contributed by atoms with Gasteiger partial charge in [-0.05, 0) is 99.5 Å². The highest BCUT2D eigenvalue weighted by Gasteiger charge is 2.37. The van der Waals surface area contributed by atoms with Crippen molar-refractivity contribution in [2.75, 3.05) is 0 Å². The molecular formula is C75H45B3N6. The molecule has 18 rings (SSSR count). The minimum Gasteiger partial charge on any atom is -0.310 e. The normalized spacial score (nSPS) is 12.2. The minimum absolute atomic E-state index is 0.0487. The Morgan fingerprint density at radius 2 is 0.643 bits per heavy atom. The number of hydrogen-bond acceptors (Lipinski definition) is 3. The summed E-state index contributed by atoms with van der Waals surface area (Å²) < 4.78 is 7.13. The second-order valence-corrected chi connectivity index (χ2v) is 21.9. The zero-order chi connectivity index (χ0) is 56.0. The first-order valence-electron chi connectivity index (χ1n) is 28.4. The molecule has 3 aromatic heterocycles. The van der Waals surface area contributed by atoms with E-state index in [2.05, 4.69) is 268 Å². The molecule has 0 unspecified atom stereocenters. The highest BCUT2D eigenvalue weighted by Crippen LogP contribution is 2.36. The van der Waals surface area contributed by atoms with Gasteiger partial charge in [0.2, 0.25) is 20.1 Å². The molecule has 15 aromatic rings. The Balaban J connectivity index is 0.000000103. The smallest absolute Gasteiger partial charge is 0.248 e. The van der Waals surface area contributed by atoms with E-state index in [0.29, 0.717) is 11.1 Å². The first kappa shape index (κ1) is 48.6. The van der Waals surface area contributed by atoms with E-state index in [1.807, 2.05) is 36.4 Å². The topological polar surface area (TPSA) is 86.2 Å². The van der Waals surface area contributed by atoms with E-state index in [1.165, 1.54) is 115 Å². The molecule has 0 atom stereocenters. The monoisotopic (exact) mass is 1060 g/mol. The van der Waals surface area contributed by atoms with Crippen molar-refractivity contribution < 1.29 is 0 Å². The standard InChI is InChI=1S/3C25H15BN2/c27-16-17-12-14-18(15-13-17)26-21-8-2-4-11-24(21)28-23-10-3-1-6-19(23)20-7-5-9-22(26)25(20)28;27-16-17-8-6-15-23-24(17)26(18-9-2-1-3-10-18)21-13-7-12-20-19-11-4-5-14-22(19)28(23)25(20)21;27-16-17-13-14-24-22(15-17)26(18-7-2-1-3-8-18)21-11-6-10-20-19-9-4-5-12-23(19)28(24)25(20)21/h3*1-15H. The van der Waals surface area contributed by atoms with Crippen molar-refractivity contribution in [2.24, 2.45) is 0 Å². The average Bonchev–Trinajstić information content (AvgIpc) is 1.60. The van der Waals surface area contributed by atoms with E-state index < -0.39 is 0 Å². The quantitative estimate of drug-likeness (QED) is 0.165. The van der Waals surface area contributed by atoms with Gasteiger partial charge in [0.15, 0.2) is 0 Å². The molecule has 0 aliphatic carbocycles. The van der Waals surface area contributed by atoms with Crippen molar-refractivity contribution in [3.05, 3.63) is 290 Å². The molecule has 0 fully saturated rings. The van der Waals surface area contributed by atoms with E-state index in [9.17, 15) is 15.8 Å². The van der Waals surface area contributed by atoms with Crippen molar-refractivity contribution in [2.45, 2.75) is 0 Å². The first-order chi connectivity index (χ1) is 41.6. The van der Waals surface area contributed by atoms with Crippen LogP contribution in [0.15, 0.2) is 273 Å². The van der Waals surface area contributed by atoms with Gasteiger partial charge >= 0.3 is 0 Å². The Hall–Kier alpha value is -11.3. The van der Waals surface area contributed by atoms with Crippen LogP contribution >= 0.6 is 0 Å². The first-order valence-corrected chi connectivity index (χ1v) is 28.4. The third kappa shape index (κ3) is 7.25. The molecule has 0 radical (unpaired) electrons. The summed E-state index contributed by atoms with van der Waals surface area (Å²) in [6, 6.07) is 103. The zero-order valence-corrected chi connectivity index (χ0v) is 45.4. The fraction of sp³-hybridized carbons (Fsp3) is 0. The summed E-state index contributed by atoms with van der Waals surface area (Å²) in [7, 11) is 0. The van der Waals surface area contributed by atoms with E-state index >= 15 is 0 Å². The van der Waals surface area contributed by atoms with Crippen molar-refractivity contribution in [1.29, 1.82) is 15.8 Å². The molecule has 0 saturated heterocycles. The fourth-order valence-electron chi connectivity index (χ4n) is 14.3. The van der Waals surface area contributed by atoms with E-state index in [1.54, 1.807) is 0 Å². The lowest BCUT2D eigenvalue weighted by Gasteiger charge is -2.27. The molecule has 6 nitrogen and oxygen atoms in total. The minimum atomic E-state index is 0.0487. The fourth-order valence-corrected chi connectivity index (χ4v) is 14.3. The molecule has 6 heterocycles. The van der Waals surface area contributed by atoms with Gasteiger partial charge in [0, 0.05) is 71.5 Å². The summed E-state index contributed by atoms with van der Waals surface area (Å²) in [5.74, 6) is 0. The predicted molar refractivity (Wildman–Crippen MR) is 350 cm³/mol. The van der Waals surface area contributed by atoms with Crippen LogP contribution in [-0.4, -0.2) is 33.8 Å². The van der Waals surface area contributed by atoms with Crippen molar-refractivity contribution in [3.63, 3.8) is 0 Å². The lowest BCUT2D eigenvalue weighted by molar-refractivity contribution is 1.19. The Labute approximate surface area is 486 Å². The van der Waals surface area contributed by atoms with E-state index in [4.69, 9.17) is 0 Å². The number of fused-ring (bicyclic) bond motifs is 15. The van der Waals surface area contributed by atoms with Crippen LogP contribution < -0.4 is 49.2 Å². The number of nitriles is 3. The zero-order valence-electron chi connectivity index (χ0n) is 45.4. The third-order valence-electron chi connectivity index (χ3n) is 17.7. The van der Waals surface area contributed by atoms with Crippen LogP contribution in [-0.2, 0) is 0 Å². The molecule has 0 N–H and O–H groups in total. The number of rotatable bonds is 3. The van der Waals surface area contributed by atoms with Crippen LogP contribution in [0.2, 0.25) is 0 Å². The average molecular weight is 1060 g/mol. The molecule has 0 bridgehead atoms. The number of hydrogen-bond donors (Lipinski definition) is 0. The van der Waals surface area contributed by atoms with Crippen LogP contribution in [0.25, 0.3) is 82.5 Å². The van der Waals surface area contributed by atoms with Gasteiger partial charge in [-0.3, -0.25) is 0 Å². The molecule has 3 aliphatic heterocycles. The van der Waals surface area contributed by atoms with Gasteiger partial charge in [0.25, 0.3) is 0 Å². The number of para-hydroxylation sites is 7. The maximum atomic E-state index is 9.90. The van der Waals surface area contributed by atoms with Crippen LogP contribution in [0.1, 0.15) is 16.7 Å². The van der Waals surface area contributed by atoms with E-state index in [0.717, 1.165) is 22.4 Å². The van der Waals surface area contributed by atoms with Crippen molar-refractivity contribution >= 4 is 135 Å². The molecule has 384 valence electrons. The third-order valence-corrected chi connectivity index (χ3v) is 17.7. The Morgan fingerprint density at radius 3 is 1.18 bits per heavy atom. The molecule has 3 aliphatic rings. The van der Waals surface area contributed by atoms with Gasteiger partial charge in [-0.25, -0.2) is 0 Å². The van der Waals surface area contributed by atoms with Gasteiger partial charge in [0.1, 0.15) is 0 Å². The summed E-state index contributed by atoms with van der Waals surface area (Å²) in [6.45, 7) is 0.321. The largest absolute Gasteiger partial charge is 0.310 e. The number of nitrogens with zero attached hydrogens (tertiary/aromatic N) is 6. The summed E-state index contributed by atoms with van der Waals surface area (Å²) in [6.07, 6.45) is 0. The van der Waals surface area contributed by atoms with Crippen LogP contribution in [0, 0.1) is 34.0 Å². The van der Waals surface area contributed by atoms with Crippen LogP contribution in [0.4, 0.5) is 0 Å². The van der Waals surface area contributed by atoms with Crippen molar-refractivity contribution in [1.82, 2.24) is 13.7 Å². The summed E-state index contributed by atoms with van der Waals surface area (Å²) >= 11 is 0. The second-order valence-electron chi connectivity index (χ2n) is 21.9. The van der Waals surface area contributed by atoms with Gasteiger partial charge in [-0.2, -0.15) is 15.8 Å². The highest BCUT2D eigenvalue weighted by atomic mass is 15.0. The van der Waals surface area contributed by atoms with Gasteiger partial charge in [0.05, 0.1) is 45.9 Å².